The van der Waals surface area contributed by atoms with Crippen molar-refractivity contribution < 1.29 is 22.6 Å². The quantitative estimate of drug-likeness (QED) is 0.578. The minimum absolute atomic E-state index is 0.0251. The molecule has 0 aliphatic carbocycles. The summed E-state index contributed by atoms with van der Waals surface area (Å²) in [4.78, 5) is 0. The van der Waals surface area contributed by atoms with E-state index in [9.17, 15) is 13.2 Å². The van der Waals surface area contributed by atoms with Gasteiger partial charge in [-0.1, -0.05) is 6.92 Å². The lowest BCUT2D eigenvalue weighted by Gasteiger charge is -2.06. The minimum atomic E-state index is -4.07. The minimum Gasteiger partial charge on any atom is -0.379 e. The molecule has 0 unspecified atom stereocenters. The molecule has 0 aliphatic rings. The molecule has 0 aromatic heterocycles. The largest absolute Gasteiger partial charge is 0.389 e. The van der Waals surface area contributed by atoms with E-state index in [1.54, 1.807) is 0 Å². The third-order valence-corrected chi connectivity index (χ3v) is 1.47. The molecule has 0 saturated carbocycles. The maximum Gasteiger partial charge on any atom is 0.389 e. The Morgan fingerprint density at radius 1 is 0.929 bits per heavy atom. The highest BCUT2D eigenvalue weighted by Gasteiger charge is 2.25. The molecule has 0 aromatic carbocycles. The van der Waals surface area contributed by atoms with Gasteiger partial charge in [-0.15, -0.1) is 0 Å². The number of hydrogen-bond acceptors (Lipinski definition) is 2. The fourth-order valence-electron chi connectivity index (χ4n) is 0.841. The summed E-state index contributed by atoms with van der Waals surface area (Å²) in [7, 11) is 0. The molecule has 0 saturated heterocycles. The first-order valence-corrected chi connectivity index (χ1v) is 4.78. The van der Waals surface area contributed by atoms with Crippen molar-refractivity contribution in [3.63, 3.8) is 0 Å². The molecule has 0 bridgehead atoms. The first-order chi connectivity index (χ1) is 6.56. The monoisotopic (exact) mass is 214 g/mol. The zero-order valence-corrected chi connectivity index (χ0v) is 8.40. The Morgan fingerprint density at radius 3 is 2.00 bits per heavy atom. The summed E-state index contributed by atoms with van der Waals surface area (Å²) in [6.45, 7) is 3.64. The van der Waals surface area contributed by atoms with Crippen molar-refractivity contribution in [1.29, 1.82) is 0 Å². The highest BCUT2D eigenvalue weighted by molar-refractivity contribution is 4.49. The van der Waals surface area contributed by atoms with Crippen LogP contribution in [-0.4, -0.2) is 32.6 Å². The standard InChI is InChI=1S/C9H17F3O2/c1-2-5-13-7-8-14-6-3-4-9(10,11)12/h2-8H2,1H3. The van der Waals surface area contributed by atoms with Gasteiger partial charge in [0.2, 0.25) is 0 Å². The van der Waals surface area contributed by atoms with Crippen LogP contribution in [0, 0.1) is 0 Å². The Bertz CT molecular complexity index is 126. The van der Waals surface area contributed by atoms with Crippen LogP contribution in [0.4, 0.5) is 13.2 Å². The summed E-state index contributed by atoms with van der Waals surface area (Å²) in [5.41, 5.74) is 0. The Labute approximate surface area is 82.4 Å². The molecule has 14 heavy (non-hydrogen) atoms. The second-order valence-electron chi connectivity index (χ2n) is 2.94. The fourth-order valence-corrected chi connectivity index (χ4v) is 0.841. The number of halogens is 3. The molecule has 0 fully saturated rings. The van der Waals surface area contributed by atoms with Gasteiger partial charge in [-0.05, 0) is 12.8 Å². The smallest absolute Gasteiger partial charge is 0.379 e. The summed E-state index contributed by atoms with van der Waals surface area (Å²) in [5, 5.41) is 0. The van der Waals surface area contributed by atoms with E-state index in [-0.39, 0.29) is 13.0 Å². The van der Waals surface area contributed by atoms with Crippen molar-refractivity contribution in [1.82, 2.24) is 0 Å². The van der Waals surface area contributed by atoms with Crippen LogP contribution in [-0.2, 0) is 9.47 Å². The van der Waals surface area contributed by atoms with Crippen LogP contribution in [0.2, 0.25) is 0 Å². The first kappa shape index (κ1) is 13.7. The molecule has 0 aromatic rings. The summed E-state index contributed by atoms with van der Waals surface area (Å²) in [5.74, 6) is 0. The maximum absolute atomic E-state index is 11.7. The molecule has 0 spiro atoms. The van der Waals surface area contributed by atoms with Gasteiger partial charge in [-0.2, -0.15) is 13.2 Å². The molecule has 0 amide bonds. The molecule has 0 radical (unpaired) electrons. The molecule has 0 heterocycles. The van der Waals surface area contributed by atoms with E-state index in [0.29, 0.717) is 19.8 Å². The van der Waals surface area contributed by atoms with Crippen LogP contribution >= 0.6 is 0 Å². The second-order valence-corrected chi connectivity index (χ2v) is 2.94. The van der Waals surface area contributed by atoms with Crippen LogP contribution in [0.3, 0.4) is 0 Å². The summed E-state index contributed by atoms with van der Waals surface area (Å²) < 4.78 is 45.0. The van der Waals surface area contributed by atoms with E-state index < -0.39 is 12.6 Å². The van der Waals surface area contributed by atoms with Gasteiger partial charge in [0, 0.05) is 19.6 Å². The Kier molecular flexibility index (Phi) is 7.89. The fraction of sp³-hybridized carbons (Fsp3) is 1.00. The van der Waals surface area contributed by atoms with Crippen molar-refractivity contribution in [2.45, 2.75) is 32.4 Å². The zero-order chi connectivity index (χ0) is 10.9. The number of alkyl halides is 3. The van der Waals surface area contributed by atoms with Gasteiger partial charge < -0.3 is 9.47 Å². The van der Waals surface area contributed by atoms with E-state index in [2.05, 4.69) is 0 Å². The van der Waals surface area contributed by atoms with Gasteiger partial charge in [0.1, 0.15) is 0 Å². The lowest BCUT2D eigenvalue weighted by molar-refractivity contribution is -0.138. The molecule has 0 N–H and O–H groups in total. The number of hydrogen-bond donors (Lipinski definition) is 0. The van der Waals surface area contributed by atoms with Gasteiger partial charge in [0.05, 0.1) is 13.2 Å². The molecule has 0 aliphatic heterocycles. The Balaban J connectivity index is 2.99. The van der Waals surface area contributed by atoms with Gasteiger partial charge in [-0.25, -0.2) is 0 Å². The van der Waals surface area contributed by atoms with Crippen molar-refractivity contribution in [3.8, 4) is 0 Å². The third-order valence-electron chi connectivity index (χ3n) is 1.47. The summed E-state index contributed by atoms with van der Waals surface area (Å²) >= 11 is 0. The first-order valence-electron chi connectivity index (χ1n) is 4.78. The third kappa shape index (κ3) is 11.7. The van der Waals surface area contributed by atoms with Crippen molar-refractivity contribution >= 4 is 0 Å². The van der Waals surface area contributed by atoms with Gasteiger partial charge in [0.25, 0.3) is 0 Å². The molecule has 86 valence electrons. The van der Waals surface area contributed by atoms with Crippen LogP contribution < -0.4 is 0 Å². The van der Waals surface area contributed by atoms with E-state index in [1.165, 1.54) is 0 Å². The molecule has 5 heteroatoms. The van der Waals surface area contributed by atoms with Gasteiger partial charge in [-0.3, -0.25) is 0 Å². The predicted molar refractivity (Wildman–Crippen MR) is 47.2 cm³/mol. The maximum atomic E-state index is 11.7. The lowest BCUT2D eigenvalue weighted by Crippen LogP contribution is -2.10. The highest BCUT2D eigenvalue weighted by atomic mass is 19.4. The van der Waals surface area contributed by atoms with E-state index in [0.717, 1.165) is 6.42 Å². The average molecular weight is 214 g/mol. The normalized spacial score (nSPS) is 12.0. The topological polar surface area (TPSA) is 18.5 Å². The SMILES string of the molecule is CCCOCCOCCCC(F)(F)F. The van der Waals surface area contributed by atoms with Crippen LogP contribution in [0.1, 0.15) is 26.2 Å². The molecular weight excluding hydrogens is 197 g/mol. The van der Waals surface area contributed by atoms with Crippen LogP contribution in [0.25, 0.3) is 0 Å². The number of ether oxygens (including phenoxy) is 2. The van der Waals surface area contributed by atoms with Gasteiger partial charge >= 0.3 is 6.18 Å². The molecule has 0 atom stereocenters. The van der Waals surface area contributed by atoms with Crippen molar-refractivity contribution in [2.24, 2.45) is 0 Å². The van der Waals surface area contributed by atoms with Gasteiger partial charge in [0.15, 0.2) is 0 Å². The molecule has 2 nitrogen and oxygen atoms in total. The van der Waals surface area contributed by atoms with E-state index in [4.69, 9.17) is 9.47 Å². The predicted octanol–water partition coefficient (Wildman–Crippen LogP) is 2.77. The van der Waals surface area contributed by atoms with Crippen molar-refractivity contribution in [2.75, 3.05) is 26.4 Å². The zero-order valence-electron chi connectivity index (χ0n) is 8.40. The lowest BCUT2D eigenvalue weighted by atomic mass is 10.3. The average Bonchev–Trinajstić information content (AvgIpc) is 2.08. The Morgan fingerprint density at radius 2 is 1.50 bits per heavy atom. The second kappa shape index (κ2) is 8.05. The molecular formula is C9H17F3O2. The number of rotatable bonds is 8. The summed E-state index contributed by atoms with van der Waals surface area (Å²) in [6.07, 6.45) is -3.88. The van der Waals surface area contributed by atoms with Crippen LogP contribution in [0.5, 0.6) is 0 Å². The van der Waals surface area contributed by atoms with E-state index >= 15 is 0 Å². The van der Waals surface area contributed by atoms with Crippen LogP contribution in [0.15, 0.2) is 0 Å². The van der Waals surface area contributed by atoms with E-state index in [1.807, 2.05) is 6.92 Å². The highest BCUT2D eigenvalue weighted by Crippen LogP contribution is 2.20. The summed E-state index contributed by atoms with van der Waals surface area (Å²) in [6, 6.07) is 0. The Hall–Kier alpha value is -0.290. The molecule has 0 rings (SSSR count). The van der Waals surface area contributed by atoms with Crippen molar-refractivity contribution in [3.05, 3.63) is 0 Å².